The van der Waals surface area contributed by atoms with Crippen LogP contribution in [0.3, 0.4) is 0 Å². The Morgan fingerprint density at radius 3 is 2.43 bits per heavy atom. The van der Waals surface area contributed by atoms with Crippen LogP contribution in [0, 0.1) is 22.1 Å². The minimum Gasteiger partial charge on any atom is -0.352 e. The van der Waals surface area contributed by atoms with Gasteiger partial charge in [-0.3, -0.25) is 4.55 Å². The Morgan fingerprint density at radius 1 is 1.19 bits per heavy atom. The Labute approximate surface area is 134 Å². The third kappa shape index (κ3) is 3.50. The van der Waals surface area contributed by atoms with Crippen LogP contribution in [0.4, 0.5) is 20.2 Å². The molecule has 0 aromatic heterocycles. The van der Waals surface area contributed by atoms with Gasteiger partial charge in [-0.2, -0.15) is 8.42 Å². The van der Waals surface area contributed by atoms with Gasteiger partial charge in [-0.15, -0.1) is 0 Å². The zero-order valence-electron chi connectivity index (χ0n) is 10.7. The summed E-state index contributed by atoms with van der Waals surface area (Å²) in [4.78, 5) is -0.723. The molecule has 0 heterocycles. The minimum absolute atomic E-state index is 0.407. The van der Waals surface area contributed by atoms with E-state index in [2.05, 4.69) is 27.9 Å². The third-order valence-corrected chi connectivity index (χ3v) is 4.35. The van der Waals surface area contributed by atoms with Crippen LogP contribution < -0.4 is 5.32 Å². The molecule has 2 aromatic rings. The largest absolute Gasteiger partial charge is 0.352 e. The first-order valence-electron chi connectivity index (χ1n) is 5.69. The van der Waals surface area contributed by atoms with Crippen molar-refractivity contribution in [3.8, 4) is 0 Å². The van der Waals surface area contributed by atoms with Crippen molar-refractivity contribution in [3.05, 3.63) is 51.1 Å². The highest BCUT2D eigenvalue weighted by atomic mass is 127. The van der Waals surface area contributed by atoms with E-state index < -0.39 is 32.3 Å². The fraction of sp³-hybridized carbons (Fsp3) is 0.0769. The maximum absolute atomic E-state index is 13.9. The zero-order valence-corrected chi connectivity index (χ0v) is 13.7. The van der Waals surface area contributed by atoms with Gasteiger partial charge in [0, 0.05) is 9.26 Å². The first-order chi connectivity index (χ1) is 9.70. The maximum atomic E-state index is 13.9. The second-order valence-electron chi connectivity index (χ2n) is 4.29. The monoisotopic (exact) mass is 425 g/mol. The smallest absolute Gasteiger partial charge is 0.296 e. The molecule has 0 aliphatic carbocycles. The van der Waals surface area contributed by atoms with Crippen molar-refractivity contribution in [1.29, 1.82) is 0 Å². The van der Waals surface area contributed by atoms with Gasteiger partial charge in [0.25, 0.3) is 10.1 Å². The van der Waals surface area contributed by atoms with Crippen LogP contribution in [-0.4, -0.2) is 13.0 Å². The normalized spacial score (nSPS) is 11.5. The molecule has 0 fully saturated rings. The molecule has 0 atom stereocenters. The Bertz CT molecular complexity index is 809. The molecule has 0 spiro atoms. The van der Waals surface area contributed by atoms with Gasteiger partial charge in [0.1, 0.15) is 4.90 Å². The van der Waals surface area contributed by atoms with Crippen LogP contribution in [0.15, 0.2) is 35.2 Å². The Morgan fingerprint density at radius 2 is 1.86 bits per heavy atom. The number of nitrogens with one attached hydrogen (secondary N) is 1. The molecule has 2 aromatic carbocycles. The molecular weight excluding hydrogens is 415 g/mol. The molecule has 2 N–H and O–H groups in total. The summed E-state index contributed by atoms with van der Waals surface area (Å²) in [5.74, 6) is -2.59. The van der Waals surface area contributed by atoms with Gasteiger partial charge in [0.05, 0.1) is 5.69 Å². The van der Waals surface area contributed by atoms with Gasteiger partial charge in [-0.25, -0.2) is 8.78 Å². The number of halogens is 3. The Balaban J connectivity index is 2.60. The van der Waals surface area contributed by atoms with Gasteiger partial charge in [0.2, 0.25) is 0 Å². The van der Waals surface area contributed by atoms with Gasteiger partial charge in [0.15, 0.2) is 11.6 Å². The lowest BCUT2D eigenvalue weighted by molar-refractivity contribution is 0.478. The van der Waals surface area contributed by atoms with Crippen molar-refractivity contribution in [1.82, 2.24) is 0 Å². The summed E-state index contributed by atoms with van der Waals surface area (Å²) in [6, 6.07) is 6.56. The highest BCUT2D eigenvalue weighted by Crippen LogP contribution is 2.31. The predicted molar refractivity (Wildman–Crippen MR) is 83.4 cm³/mol. The van der Waals surface area contributed by atoms with Crippen LogP contribution in [0.25, 0.3) is 0 Å². The van der Waals surface area contributed by atoms with Crippen molar-refractivity contribution in [2.24, 2.45) is 0 Å². The molecule has 0 aliphatic rings. The van der Waals surface area contributed by atoms with E-state index in [0.29, 0.717) is 17.3 Å². The van der Waals surface area contributed by atoms with Gasteiger partial charge >= 0.3 is 0 Å². The second kappa shape index (κ2) is 5.85. The summed E-state index contributed by atoms with van der Waals surface area (Å²) in [6.45, 7) is 1.73. The van der Waals surface area contributed by atoms with Gasteiger partial charge in [-0.05, 0) is 65.4 Å². The minimum atomic E-state index is -4.68. The second-order valence-corrected chi connectivity index (χ2v) is 6.93. The summed E-state index contributed by atoms with van der Waals surface area (Å²) in [5, 5.41) is 2.53. The number of rotatable bonds is 3. The lowest BCUT2D eigenvalue weighted by atomic mass is 10.2. The number of aryl methyl sites for hydroxylation is 1. The molecule has 0 amide bonds. The van der Waals surface area contributed by atoms with E-state index in [4.69, 9.17) is 4.55 Å². The topological polar surface area (TPSA) is 66.4 Å². The first-order valence-corrected chi connectivity index (χ1v) is 8.20. The van der Waals surface area contributed by atoms with E-state index in [1.807, 2.05) is 0 Å². The quantitative estimate of drug-likeness (QED) is 0.579. The standard InChI is InChI=1S/C13H10F2INO3S/c1-7-6-8(16)2-4-10(7)17-13-11(21(18,19)20)5-3-9(14)12(13)15/h2-6,17H,1H3,(H,18,19,20). The highest BCUT2D eigenvalue weighted by molar-refractivity contribution is 14.1. The van der Waals surface area contributed by atoms with E-state index in [1.54, 1.807) is 25.1 Å². The van der Waals surface area contributed by atoms with Crippen LogP contribution >= 0.6 is 22.6 Å². The Kier molecular flexibility index (Phi) is 4.49. The van der Waals surface area contributed by atoms with Crippen molar-refractivity contribution in [3.63, 3.8) is 0 Å². The highest BCUT2D eigenvalue weighted by Gasteiger charge is 2.22. The molecule has 0 aliphatic heterocycles. The van der Waals surface area contributed by atoms with E-state index in [9.17, 15) is 17.2 Å². The average molecular weight is 425 g/mol. The molecule has 0 saturated heterocycles. The zero-order chi connectivity index (χ0) is 15.8. The van der Waals surface area contributed by atoms with Crippen molar-refractivity contribution in [2.75, 3.05) is 5.32 Å². The number of anilines is 2. The molecule has 4 nitrogen and oxygen atoms in total. The maximum Gasteiger partial charge on any atom is 0.296 e. The summed E-state index contributed by atoms with van der Waals surface area (Å²) in [7, 11) is -4.68. The molecule has 2 rings (SSSR count). The van der Waals surface area contributed by atoms with E-state index in [-0.39, 0.29) is 0 Å². The summed E-state index contributed by atoms with van der Waals surface area (Å²) in [6.07, 6.45) is 0. The number of benzene rings is 2. The van der Waals surface area contributed by atoms with Crippen molar-refractivity contribution >= 4 is 44.1 Å². The number of hydrogen-bond donors (Lipinski definition) is 2. The SMILES string of the molecule is Cc1cc(I)ccc1Nc1c(S(=O)(=O)O)ccc(F)c1F. The van der Waals surface area contributed by atoms with Crippen molar-refractivity contribution < 1.29 is 21.8 Å². The Hall–Kier alpha value is -1.26. The average Bonchev–Trinajstić information content (AvgIpc) is 2.36. The molecule has 0 saturated carbocycles. The molecule has 0 bridgehead atoms. The summed E-state index contributed by atoms with van der Waals surface area (Å²) >= 11 is 2.09. The fourth-order valence-corrected chi connectivity index (χ4v) is 3.05. The van der Waals surface area contributed by atoms with Gasteiger partial charge in [-0.1, -0.05) is 0 Å². The molecule has 112 valence electrons. The summed E-state index contributed by atoms with van der Waals surface area (Å²) < 4.78 is 59.8. The first kappa shape index (κ1) is 16.1. The van der Waals surface area contributed by atoms with E-state index >= 15 is 0 Å². The molecule has 0 radical (unpaired) electrons. The van der Waals surface area contributed by atoms with Crippen LogP contribution in [0.5, 0.6) is 0 Å². The predicted octanol–water partition coefficient (Wildman–Crippen LogP) is 3.87. The summed E-state index contributed by atoms with van der Waals surface area (Å²) in [5.41, 5.74) is 0.499. The fourth-order valence-electron chi connectivity index (χ4n) is 1.77. The van der Waals surface area contributed by atoms with E-state index in [1.165, 1.54) is 0 Å². The molecule has 0 unspecified atom stereocenters. The van der Waals surface area contributed by atoms with Crippen LogP contribution in [-0.2, 0) is 10.1 Å². The lowest BCUT2D eigenvalue weighted by Gasteiger charge is -2.14. The third-order valence-electron chi connectivity index (χ3n) is 2.78. The number of hydrogen-bond acceptors (Lipinski definition) is 3. The van der Waals surface area contributed by atoms with Gasteiger partial charge < -0.3 is 5.32 Å². The lowest BCUT2D eigenvalue weighted by Crippen LogP contribution is -2.07. The van der Waals surface area contributed by atoms with Crippen LogP contribution in [0.1, 0.15) is 5.56 Å². The molecular formula is C13H10F2INO3S. The van der Waals surface area contributed by atoms with E-state index in [0.717, 1.165) is 9.64 Å². The molecule has 21 heavy (non-hydrogen) atoms. The van der Waals surface area contributed by atoms with Crippen LogP contribution in [0.2, 0.25) is 0 Å². The molecule has 8 heteroatoms. The van der Waals surface area contributed by atoms with Crippen molar-refractivity contribution in [2.45, 2.75) is 11.8 Å².